The summed E-state index contributed by atoms with van der Waals surface area (Å²) in [6.45, 7) is 5.14. The maximum absolute atomic E-state index is 10.6. The van der Waals surface area contributed by atoms with Crippen LogP contribution < -0.4 is 5.32 Å². The highest BCUT2D eigenvalue weighted by Gasteiger charge is 2.37. The number of aliphatic carboxylic acids is 1. The Bertz CT molecular complexity index is 181. The Morgan fingerprint density at radius 1 is 1.75 bits per heavy atom. The van der Waals surface area contributed by atoms with E-state index in [4.69, 9.17) is 5.11 Å². The topological polar surface area (TPSA) is 49.3 Å². The van der Waals surface area contributed by atoms with Crippen LogP contribution in [0.15, 0.2) is 0 Å². The molecule has 1 rings (SSSR count). The smallest absolute Gasteiger partial charge is 0.320 e. The lowest BCUT2D eigenvalue weighted by molar-refractivity contribution is -0.139. The molecule has 1 heterocycles. The summed E-state index contributed by atoms with van der Waals surface area (Å²) in [4.78, 5) is 10.6. The standard InChI is InChI=1S/C9H17NO2/c1-3-4-9(2)5-7(8(11)12)10-6-9/h7,10H,3-6H2,1-2H3,(H,11,12)/t7-,9?/m0/s1. The predicted molar refractivity (Wildman–Crippen MR) is 47.1 cm³/mol. The van der Waals surface area contributed by atoms with Gasteiger partial charge in [-0.3, -0.25) is 4.79 Å². The number of hydrogen-bond donors (Lipinski definition) is 2. The van der Waals surface area contributed by atoms with E-state index in [0.717, 1.165) is 25.8 Å². The van der Waals surface area contributed by atoms with E-state index in [1.54, 1.807) is 0 Å². The van der Waals surface area contributed by atoms with Gasteiger partial charge in [-0.2, -0.15) is 0 Å². The Kier molecular flexibility index (Phi) is 2.73. The van der Waals surface area contributed by atoms with Gasteiger partial charge < -0.3 is 10.4 Å². The lowest BCUT2D eigenvalue weighted by atomic mass is 9.83. The van der Waals surface area contributed by atoms with Gasteiger partial charge in [-0.15, -0.1) is 0 Å². The van der Waals surface area contributed by atoms with Crippen molar-refractivity contribution in [2.24, 2.45) is 5.41 Å². The van der Waals surface area contributed by atoms with Crippen molar-refractivity contribution in [2.45, 2.75) is 39.2 Å². The Labute approximate surface area is 73.2 Å². The molecular formula is C9H17NO2. The van der Waals surface area contributed by atoms with E-state index in [9.17, 15) is 4.79 Å². The van der Waals surface area contributed by atoms with Crippen molar-refractivity contribution >= 4 is 5.97 Å². The molecule has 1 aliphatic heterocycles. The minimum Gasteiger partial charge on any atom is -0.480 e. The third-order valence-electron chi connectivity index (χ3n) is 2.62. The van der Waals surface area contributed by atoms with Gasteiger partial charge in [0.15, 0.2) is 0 Å². The second kappa shape index (κ2) is 3.44. The molecule has 0 aromatic heterocycles. The lowest BCUT2D eigenvalue weighted by Crippen LogP contribution is -2.30. The zero-order valence-corrected chi connectivity index (χ0v) is 7.76. The summed E-state index contributed by atoms with van der Waals surface area (Å²) in [6, 6.07) is -0.318. The van der Waals surface area contributed by atoms with Crippen LogP contribution in [0.25, 0.3) is 0 Å². The van der Waals surface area contributed by atoms with Crippen molar-refractivity contribution in [2.75, 3.05) is 6.54 Å². The van der Waals surface area contributed by atoms with Crippen LogP contribution in [0.3, 0.4) is 0 Å². The maximum Gasteiger partial charge on any atom is 0.320 e. The van der Waals surface area contributed by atoms with Gasteiger partial charge >= 0.3 is 5.97 Å². The Morgan fingerprint density at radius 2 is 2.42 bits per heavy atom. The molecule has 0 aromatic rings. The highest BCUT2D eigenvalue weighted by atomic mass is 16.4. The molecule has 1 fully saturated rings. The van der Waals surface area contributed by atoms with Crippen LogP contribution in [0.5, 0.6) is 0 Å². The van der Waals surface area contributed by atoms with Crippen LogP contribution in [-0.2, 0) is 4.79 Å². The average molecular weight is 171 g/mol. The first-order valence-electron chi connectivity index (χ1n) is 4.53. The summed E-state index contributed by atoms with van der Waals surface area (Å²) in [7, 11) is 0. The van der Waals surface area contributed by atoms with Crippen molar-refractivity contribution in [1.29, 1.82) is 0 Å². The minimum atomic E-state index is -0.713. The molecule has 0 radical (unpaired) electrons. The van der Waals surface area contributed by atoms with Gasteiger partial charge in [-0.05, 0) is 18.3 Å². The molecule has 0 aromatic carbocycles. The normalized spacial score (nSPS) is 35.3. The average Bonchev–Trinajstić information content (AvgIpc) is 2.33. The number of rotatable bonds is 3. The molecule has 12 heavy (non-hydrogen) atoms. The highest BCUT2D eigenvalue weighted by Crippen LogP contribution is 2.32. The molecule has 1 unspecified atom stereocenters. The largest absolute Gasteiger partial charge is 0.480 e. The number of carboxylic acid groups (broad SMARTS) is 1. The molecule has 70 valence electrons. The fraction of sp³-hybridized carbons (Fsp3) is 0.889. The second-order valence-electron chi connectivity index (χ2n) is 4.04. The molecule has 1 aliphatic rings. The second-order valence-corrected chi connectivity index (χ2v) is 4.04. The highest BCUT2D eigenvalue weighted by molar-refractivity contribution is 5.74. The summed E-state index contributed by atoms with van der Waals surface area (Å²) >= 11 is 0. The molecule has 2 N–H and O–H groups in total. The summed E-state index contributed by atoms with van der Waals surface area (Å²) in [6.07, 6.45) is 3.02. The SMILES string of the molecule is CCCC1(C)CN[C@H](C(=O)O)C1. The number of carboxylic acids is 1. The molecule has 3 heteroatoms. The maximum atomic E-state index is 10.6. The van der Waals surface area contributed by atoms with Gasteiger partial charge in [0.25, 0.3) is 0 Å². The van der Waals surface area contributed by atoms with Crippen LogP contribution >= 0.6 is 0 Å². The summed E-state index contributed by atoms with van der Waals surface area (Å²) in [5, 5.41) is 11.8. The molecule has 0 saturated carbocycles. The van der Waals surface area contributed by atoms with E-state index >= 15 is 0 Å². The van der Waals surface area contributed by atoms with Gasteiger partial charge in [-0.1, -0.05) is 20.3 Å². The van der Waals surface area contributed by atoms with Gasteiger partial charge in [0.2, 0.25) is 0 Å². The van der Waals surface area contributed by atoms with Crippen molar-refractivity contribution < 1.29 is 9.90 Å². The fourth-order valence-corrected chi connectivity index (χ4v) is 1.98. The van der Waals surface area contributed by atoms with Crippen molar-refractivity contribution in [3.05, 3.63) is 0 Å². The van der Waals surface area contributed by atoms with E-state index in [1.165, 1.54) is 0 Å². The third-order valence-corrected chi connectivity index (χ3v) is 2.62. The molecule has 0 bridgehead atoms. The predicted octanol–water partition coefficient (Wildman–Crippen LogP) is 1.24. The Hall–Kier alpha value is -0.570. The summed E-state index contributed by atoms with van der Waals surface area (Å²) in [5.74, 6) is -0.713. The number of carbonyl (C=O) groups is 1. The van der Waals surface area contributed by atoms with Crippen molar-refractivity contribution in [1.82, 2.24) is 5.32 Å². The minimum absolute atomic E-state index is 0.206. The molecule has 0 amide bonds. The molecule has 0 spiro atoms. The number of hydrogen-bond acceptors (Lipinski definition) is 2. The van der Waals surface area contributed by atoms with Crippen LogP contribution in [0.4, 0.5) is 0 Å². The Balaban J connectivity index is 2.48. The van der Waals surface area contributed by atoms with E-state index in [2.05, 4.69) is 19.2 Å². The quantitative estimate of drug-likeness (QED) is 0.671. The van der Waals surface area contributed by atoms with Gasteiger partial charge in [0, 0.05) is 6.54 Å². The van der Waals surface area contributed by atoms with Crippen LogP contribution in [-0.4, -0.2) is 23.7 Å². The lowest BCUT2D eigenvalue weighted by Gasteiger charge is -2.21. The van der Waals surface area contributed by atoms with Crippen molar-refractivity contribution in [3.63, 3.8) is 0 Å². The van der Waals surface area contributed by atoms with E-state index in [0.29, 0.717) is 0 Å². The van der Waals surface area contributed by atoms with Gasteiger partial charge in [0.05, 0.1) is 0 Å². The molecule has 3 nitrogen and oxygen atoms in total. The van der Waals surface area contributed by atoms with Crippen LogP contribution in [0.2, 0.25) is 0 Å². The van der Waals surface area contributed by atoms with Crippen LogP contribution in [0, 0.1) is 5.41 Å². The van der Waals surface area contributed by atoms with Crippen LogP contribution in [0.1, 0.15) is 33.1 Å². The summed E-state index contributed by atoms with van der Waals surface area (Å²) < 4.78 is 0. The van der Waals surface area contributed by atoms with Gasteiger partial charge in [0.1, 0.15) is 6.04 Å². The first kappa shape index (κ1) is 9.52. The van der Waals surface area contributed by atoms with E-state index in [1.807, 2.05) is 0 Å². The first-order chi connectivity index (χ1) is 5.57. The molecule has 0 aliphatic carbocycles. The van der Waals surface area contributed by atoms with E-state index < -0.39 is 5.97 Å². The van der Waals surface area contributed by atoms with Crippen molar-refractivity contribution in [3.8, 4) is 0 Å². The third kappa shape index (κ3) is 1.97. The fourth-order valence-electron chi connectivity index (χ4n) is 1.98. The number of nitrogens with one attached hydrogen (secondary N) is 1. The molecule has 1 saturated heterocycles. The zero-order valence-electron chi connectivity index (χ0n) is 7.76. The molecular weight excluding hydrogens is 154 g/mol. The zero-order chi connectivity index (χ0) is 9.19. The van der Waals surface area contributed by atoms with Gasteiger partial charge in [-0.25, -0.2) is 0 Å². The monoisotopic (exact) mass is 171 g/mol. The van der Waals surface area contributed by atoms with E-state index in [-0.39, 0.29) is 11.5 Å². The first-order valence-corrected chi connectivity index (χ1v) is 4.53. The Morgan fingerprint density at radius 3 is 2.83 bits per heavy atom. The molecule has 2 atom stereocenters. The summed E-state index contributed by atoms with van der Waals surface area (Å²) in [5.41, 5.74) is 0.206.